The normalized spacial score (nSPS) is 14.0. The number of carbonyl (C=O) groups is 1. The van der Waals surface area contributed by atoms with Gasteiger partial charge in [-0.2, -0.15) is 0 Å². The van der Waals surface area contributed by atoms with Crippen LogP contribution in [0, 0.1) is 11.7 Å². The second-order valence-corrected chi connectivity index (χ2v) is 6.98. The second kappa shape index (κ2) is 8.39. The van der Waals surface area contributed by atoms with Crippen molar-refractivity contribution < 1.29 is 14.3 Å². The van der Waals surface area contributed by atoms with E-state index in [0.29, 0.717) is 23.8 Å². The molecule has 1 rings (SSSR count). The number of halogens is 1. The van der Waals surface area contributed by atoms with E-state index in [0.717, 1.165) is 5.56 Å². The van der Waals surface area contributed by atoms with Crippen LogP contribution < -0.4 is 5.32 Å². The molecule has 0 aromatic heterocycles. The molecule has 0 heterocycles. The smallest absolute Gasteiger partial charge is 0.230 e. The van der Waals surface area contributed by atoms with Crippen LogP contribution in [-0.2, 0) is 10.5 Å². The maximum atomic E-state index is 12.7. The Morgan fingerprint density at radius 2 is 2.00 bits per heavy atom. The Hall–Kier alpha value is -1.07. The van der Waals surface area contributed by atoms with Crippen LogP contribution in [-0.4, -0.2) is 28.9 Å². The Bertz CT molecular complexity index is 446. The average molecular weight is 313 g/mol. The van der Waals surface area contributed by atoms with Crippen molar-refractivity contribution in [3.8, 4) is 0 Å². The number of carbonyl (C=O) groups excluding carboxylic acids is 1. The molecule has 3 nitrogen and oxygen atoms in total. The fourth-order valence-corrected chi connectivity index (χ4v) is 2.95. The summed E-state index contributed by atoms with van der Waals surface area (Å²) in [6.07, 6.45) is 0.649. The van der Waals surface area contributed by atoms with E-state index in [-0.39, 0.29) is 18.3 Å². The van der Waals surface area contributed by atoms with Gasteiger partial charge in [-0.1, -0.05) is 26.0 Å². The van der Waals surface area contributed by atoms with Crippen molar-refractivity contribution in [2.24, 2.45) is 5.92 Å². The highest BCUT2D eigenvalue weighted by Gasteiger charge is 2.22. The molecular formula is C16H24FNO2S. The van der Waals surface area contributed by atoms with Crippen LogP contribution in [0.4, 0.5) is 4.39 Å². The van der Waals surface area contributed by atoms with Gasteiger partial charge < -0.3 is 10.4 Å². The van der Waals surface area contributed by atoms with Crippen molar-refractivity contribution in [3.63, 3.8) is 0 Å². The molecule has 0 aliphatic rings. The second-order valence-electron chi connectivity index (χ2n) is 5.99. The van der Waals surface area contributed by atoms with E-state index in [1.807, 2.05) is 13.8 Å². The van der Waals surface area contributed by atoms with Gasteiger partial charge in [0.25, 0.3) is 0 Å². The van der Waals surface area contributed by atoms with Gasteiger partial charge in [0.2, 0.25) is 5.91 Å². The molecule has 5 heteroatoms. The Kier molecular flexibility index (Phi) is 7.18. The Morgan fingerprint density at radius 3 is 2.57 bits per heavy atom. The van der Waals surface area contributed by atoms with Crippen molar-refractivity contribution in [2.75, 3.05) is 12.3 Å². The molecule has 1 amide bonds. The first kappa shape index (κ1) is 18.0. The number of rotatable bonds is 8. The topological polar surface area (TPSA) is 49.3 Å². The molecule has 1 aromatic rings. The monoisotopic (exact) mass is 313 g/mol. The van der Waals surface area contributed by atoms with Crippen LogP contribution in [0.25, 0.3) is 0 Å². The molecule has 0 spiro atoms. The zero-order valence-electron chi connectivity index (χ0n) is 12.9. The van der Waals surface area contributed by atoms with Gasteiger partial charge in [0.15, 0.2) is 0 Å². The van der Waals surface area contributed by atoms with Crippen molar-refractivity contribution in [1.82, 2.24) is 5.32 Å². The molecule has 2 N–H and O–H groups in total. The molecule has 0 aliphatic carbocycles. The summed E-state index contributed by atoms with van der Waals surface area (Å²) < 4.78 is 12.7. The lowest BCUT2D eigenvalue weighted by Gasteiger charge is -2.25. The fraction of sp³-hybridized carbons (Fsp3) is 0.562. The highest BCUT2D eigenvalue weighted by Crippen LogP contribution is 2.16. The van der Waals surface area contributed by atoms with Gasteiger partial charge in [-0.3, -0.25) is 4.79 Å². The van der Waals surface area contributed by atoms with E-state index in [1.165, 1.54) is 23.9 Å². The van der Waals surface area contributed by atoms with Gasteiger partial charge >= 0.3 is 0 Å². The third-order valence-electron chi connectivity index (χ3n) is 2.93. The first-order chi connectivity index (χ1) is 9.78. The number of benzene rings is 1. The summed E-state index contributed by atoms with van der Waals surface area (Å²) in [5, 5.41) is 12.9. The van der Waals surface area contributed by atoms with Gasteiger partial charge in [0.1, 0.15) is 5.82 Å². The quantitative estimate of drug-likeness (QED) is 0.776. The highest BCUT2D eigenvalue weighted by atomic mass is 32.2. The minimum Gasteiger partial charge on any atom is -0.388 e. The SMILES string of the molecule is CC(C)CC(C)(O)CNC(=O)CSCc1ccc(F)cc1. The Morgan fingerprint density at radius 1 is 1.38 bits per heavy atom. The van der Waals surface area contributed by atoms with Crippen molar-refractivity contribution in [3.05, 3.63) is 35.6 Å². The minimum absolute atomic E-state index is 0.0915. The van der Waals surface area contributed by atoms with E-state index in [4.69, 9.17) is 0 Å². The number of hydrogen-bond acceptors (Lipinski definition) is 3. The highest BCUT2D eigenvalue weighted by molar-refractivity contribution is 7.99. The third kappa shape index (κ3) is 8.07. The molecule has 1 atom stereocenters. The summed E-state index contributed by atoms with van der Waals surface area (Å²) in [4.78, 5) is 11.7. The van der Waals surface area contributed by atoms with Crippen LogP contribution in [0.15, 0.2) is 24.3 Å². The molecule has 0 fully saturated rings. The number of thioether (sulfide) groups is 1. The molecular weight excluding hydrogens is 289 g/mol. The maximum Gasteiger partial charge on any atom is 0.230 e. The first-order valence-corrected chi connectivity index (χ1v) is 8.25. The summed E-state index contributed by atoms with van der Waals surface area (Å²) in [5.41, 5.74) is 0.117. The van der Waals surface area contributed by atoms with E-state index in [9.17, 15) is 14.3 Å². The standard InChI is InChI=1S/C16H24FNO2S/c1-12(2)8-16(3,20)11-18-15(19)10-21-9-13-4-6-14(17)7-5-13/h4-7,12,20H,8-11H2,1-3H3,(H,18,19). The maximum absolute atomic E-state index is 12.7. The van der Waals surface area contributed by atoms with E-state index < -0.39 is 5.60 Å². The summed E-state index contributed by atoms with van der Waals surface area (Å²) >= 11 is 1.47. The number of aliphatic hydroxyl groups is 1. The lowest BCUT2D eigenvalue weighted by Crippen LogP contribution is -2.42. The summed E-state index contributed by atoms with van der Waals surface area (Å²) in [7, 11) is 0. The van der Waals surface area contributed by atoms with Crippen LogP contribution in [0.5, 0.6) is 0 Å². The summed E-state index contributed by atoms with van der Waals surface area (Å²) in [6, 6.07) is 6.26. The lowest BCUT2D eigenvalue weighted by atomic mass is 9.94. The number of hydrogen-bond donors (Lipinski definition) is 2. The lowest BCUT2D eigenvalue weighted by molar-refractivity contribution is -0.119. The van der Waals surface area contributed by atoms with Gasteiger partial charge in [-0.15, -0.1) is 11.8 Å². The summed E-state index contributed by atoms with van der Waals surface area (Å²) in [6.45, 7) is 6.07. The molecule has 118 valence electrons. The molecule has 0 aliphatic heterocycles. The largest absolute Gasteiger partial charge is 0.388 e. The minimum atomic E-state index is -0.870. The molecule has 1 aromatic carbocycles. The van der Waals surface area contributed by atoms with Gasteiger partial charge in [-0.05, 0) is 37.0 Å². The third-order valence-corrected chi connectivity index (χ3v) is 3.93. The summed E-state index contributed by atoms with van der Waals surface area (Å²) in [5.74, 6) is 1.02. The van der Waals surface area contributed by atoms with Crippen molar-refractivity contribution >= 4 is 17.7 Å². The van der Waals surface area contributed by atoms with Crippen LogP contribution >= 0.6 is 11.8 Å². The predicted molar refractivity (Wildman–Crippen MR) is 85.7 cm³/mol. The van der Waals surface area contributed by atoms with Gasteiger partial charge in [0.05, 0.1) is 11.4 Å². The van der Waals surface area contributed by atoms with Crippen LogP contribution in [0.3, 0.4) is 0 Å². The average Bonchev–Trinajstić information content (AvgIpc) is 2.37. The van der Waals surface area contributed by atoms with E-state index in [1.54, 1.807) is 19.1 Å². The number of amides is 1. The fourth-order valence-electron chi connectivity index (χ4n) is 2.13. The molecule has 0 bridgehead atoms. The van der Waals surface area contributed by atoms with E-state index in [2.05, 4.69) is 5.32 Å². The zero-order valence-corrected chi connectivity index (χ0v) is 13.7. The molecule has 1 unspecified atom stereocenters. The molecule has 0 saturated carbocycles. The van der Waals surface area contributed by atoms with Crippen molar-refractivity contribution in [2.45, 2.75) is 38.5 Å². The zero-order chi connectivity index (χ0) is 15.9. The van der Waals surface area contributed by atoms with E-state index >= 15 is 0 Å². The first-order valence-electron chi connectivity index (χ1n) is 7.10. The Labute approximate surface area is 130 Å². The van der Waals surface area contributed by atoms with Crippen LogP contribution in [0.2, 0.25) is 0 Å². The van der Waals surface area contributed by atoms with Crippen LogP contribution in [0.1, 0.15) is 32.8 Å². The van der Waals surface area contributed by atoms with Gasteiger partial charge in [0, 0.05) is 12.3 Å². The molecule has 0 radical (unpaired) electrons. The predicted octanol–water partition coefficient (Wildman–Crippen LogP) is 2.97. The Balaban J connectivity index is 2.23. The van der Waals surface area contributed by atoms with Gasteiger partial charge in [-0.25, -0.2) is 4.39 Å². The molecule has 0 saturated heterocycles. The number of nitrogens with one attached hydrogen (secondary N) is 1. The van der Waals surface area contributed by atoms with Crippen molar-refractivity contribution in [1.29, 1.82) is 0 Å². The molecule has 21 heavy (non-hydrogen) atoms.